The predicted molar refractivity (Wildman–Crippen MR) is 133 cm³/mol. The predicted octanol–water partition coefficient (Wildman–Crippen LogP) is 2.31. The molecular formula is C26H33N3O6. The lowest BCUT2D eigenvalue weighted by Gasteiger charge is -2.22. The van der Waals surface area contributed by atoms with E-state index in [1.807, 2.05) is 66.7 Å². The number of methoxy groups -OCH3 is 2. The molecule has 1 atom stereocenters. The molecule has 35 heavy (non-hydrogen) atoms. The van der Waals surface area contributed by atoms with Crippen LogP contribution in [0, 0.1) is 0 Å². The second kappa shape index (κ2) is 13.6. The Morgan fingerprint density at radius 2 is 1.91 bits per heavy atom. The van der Waals surface area contributed by atoms with Gasteiger partial charge >= 0.3 is 0 Å². The van der Waals surface area contributed by atoms with Gasteiger partial charge in [0, 0.05) is 39.2 Å². The molecule has 0 aromatic heterocycles. The number of aliphatic imine (C=N–C) groups is 1. The molecule has 0 fully saturated rings. The minimum atomic E-state index is -1.14. The van der Waals surface area contributed by atoms with Gasteiger partial charge in [-0.3, -0.25) is 10.2 Å². The molecule has 0 saturated heterocycles. The molecular weight excluding hydrogens is 450 g/mol. The number of hydrogen-bond donors (Lipinski definition) is 3. The lowest BCUT2D eigenvalue weighted by Crippen LogP contribution is -2.53. The molecule has 2 aromatic carbocycles. The van der Waals surface area contributed by atoms with Crippen LogP contribution in [0.15, 0.2) is 65.7 Å². The van der Waals surface area contributed by atoms with Crippen LogP contribution < -0.4 is 15.6 Å². The molecule has 0 unspecified atom stereocenters. The van der Waals surface area contributed by atoms with Crippen molar-refractivity contribution in [2.45, 2.75) is 24.7 Å². The van der Waals surface area contributed by atoms with Gasteiger partial charge in [0.1, 0.15) is 12.4 Å². The summed E-state index contributed by atoms with van der Waals surface area (Å²) >= 11 is 0. The normalized spacial score (nSPS) is 17.4. The fraction of sp³-hybridized carbons (Fsp3) is 0.385. The number of carbonyl (C=O) groups is 1. The van der Waals surface area contributed by atoms with Gasteiger partial charge in [0.15, 0.2) is 11.8 Å². The first kappa shape index (κ1) is 26.4. The first-order valence-electron chi connectivity index (χ1n) is 11.5. The molecule has 3 N–H and O–H groups in total. The van der Waals surface area contributed by atoms with Crippen LogP contribution in [-0.4, -0.2) is 69.3 Å². The van der Waals surface area contributed by atoms with Crippen molar-refractivity contribution in [1.82, 2.24) is 10.9 Å². The Kier molecular flexibility index (Phi) is 10.2. The van der Waals surface area contributed by atoms with Crippen LogP contribution >= 0.6 is 0 Å². The third kappa shape index (κ3) is 7.63. The van der Waals surface area contributed by atoms with Gasteiger partial charge in [-0.2, -0.15) is 0 Å². The van der Waals surface area contributed by atoms with Crippen LogP contribution in [0.2, 0.25) is 0 Å². The third-order valence-corrected chi connectivity index (χ3v) is 5.42. The maximum Gasteiger partial charge on any atom is 0.266 e. The van der Waals surface area contributed by atoms with Crippen molar-refractivity contribution in [2.24, 2.45) is 4.99 Å². The Morgan fingerprint density at radius 3 is 2.60 bits per heavy atom. The number of hydrogen-bond acceptors (Lipinski definition) is 8. The van der Waals surface area contributed by atoms with Gasteiger partial charge in [0.05, 0.1) is 13.2 Å². The van der Waals surface area contributed by atoms with E-state index in [1.54, 1.807) is 0 Å². The lowest BCUT2D eigenvalue weighted by molar-refractivity contribution is -0.129. The van der Waals surface area contributed by atoms with E-state index in [0.717, 1.165) is 11.1 Å². The number of benzene rings is 2. The van der Waals surface area contributed by atoms with Crippen molar-refractivity contribution in [2.75, 3.05) is 40.6 Å². The topological polar surface area (TPSA) is 111 Å². The van der Waals surface area contributed by atoms with E-state index in [2.05, 4.69) is 10.9 Å². The van der Waals surface area contributed by atoms with E-state index in [-0.39, 0.29) is 25.7 Å². The highest BCUT2D eigenvalue weighted by molar-refractivity contribution is 6.00. The molecule has 188 valence electrons. The van der Waals surface area contributed by atoms with E-state index in [1.165, 1.54) is 14.2 Å². The smallest absolute Gasteiger partial charge is 0.266 e. The zero-order valence-electron chi connectivity index (χ0n) is 20.1. The summed E-state index contributed by atoms with van der Waals surface area (Å²) in [5.74, 6) is 0.757. The Morgan fingerprint density at radius 1 is 1.17 bits per heavy atom. The van der Waals surface area contributed by atoms with E-state index in [4.69, 9.17) is 29.0 Å². The summed E-state index contributed by atoms with van der Waals surface area (Å²) in [7, 11) is 3.05. The highest BCUT2D eigenvalue weighted by Gasteiger charge is 2.43. The Balaban J connectivity index is 1.74. The van der Waals surface area contributed by atoms with Crippen molar-refractivity contribution >= 4 is 17.9 Å². The Hall–Kier alpha value is -3.24. The molecule has 9 heteroatoms. The summed E-state index contributed by atoms with van der Waals surface area (Å²) in [6.07, 6.45) is 4.30. The zero-order valence-corrected chi connectivity index (χ0v) is 20.1. The van der Waals surface area contributed by atoms with Crippen LogP contribution in [0.3, 0.4) is 0 Å². The largest absolute Gasteiger partial charge is 0.494 e. The molecule has 1 amide bonds. The first-order chi connectivity index (χ1) is 17.1. The number of amides is 1. The number of rotatable bonds is 14. The summed E-state index contributed by atoms with van der Waals surface area (Å²) in [6, 6.07) is 17.1. The molecule has 0 aliphatic carbocycles. The van der Waals surface area contributed by atoms with Crippen LogP contribution in [0.4, 0.5) is 0 Å². The third-order valence-electron chi connectivity index (χ3n) is 5.42. The standard InChI is InChI=1S/C26H33N3O6/c1-32-23(33-2)18-27-29-25(31)26(15-6-10-20-8-4-3-5-9-20)19-35-24(28-26)21-11-13-22(14-12-21)34-17-7-16-30/h3-6,8-14,23,27,30H,7,15-19H2,1-2H3,(H,29,31)/b10-6+/t26-/m0/s1. The number of aliphatic hydroxyl groups excluding tert-OH is 1. The van der Waals surface area contributed by atoms with Gasteiger partial charge in [-0.15, -0.1) is 0 Å². The number of nitrogens with zero attached hydrogens (tertiary/aromatic N) is 1. The summed E-state index contributed by atoms with van der Waals surface area (Å²) < 4.78 is 21.7. The number of carbonyl (C=O) groups excluding carboxylic acids is 1. The minimum Gasteiger partial charge on any atom is -0.494 e. The molecule has 0 spiro atoms. The maximum atomic E-state index is 13.2. The summed E-state index contributed by atoms with van der Waals surface area (Å²) in [6.45, 7) is 0.883. The van der Waals surface area contributed by atoms with Crippen molar-refractivity contribution < 1.29 is 28.8 Å². The van der Waals surface area contributed by atoms with E-state index in [0.29, 0.717) is 31.1 Å². The van der Waals surface area contributed by atoms with Crippen molar-refractivity contribution in [1.29, 1.82) is 0 Å². The van der Waals surface area contributed by atoms with Crippen LogP contribution in [-0.2, 0) is 19.0 Å². The monoisotopic (exact) mass is 483 g/mol. The second-order valence-electron chi connectivity index (χ2n) is 7.94. The quantitative estimate of drug-likeness (QED) is 0.215. The second-order valence-corrected chi connectivity index (χ2v) is 7.94. The summed E-state index contributed by atoms with van der Waals surface area (Å²) in [5, 5.41) is 8.89. The summed E-state index contributed by atoms with van der Waals surface area (Å²) in [4.78, 5) is 17.9. The lowest BCUT2D eigenvalue weighted by atomic mass is 9.95. The number of ether oxygens (including phenoxy) is 4. The number of nitrogens with one attached hydrogen (secondary N) is 2. The maximum absolute atomic E-state index is 13.2. The van der Waals surface area contributed by atoms with Crippen LogP contribution in [0.25, 0.3) is 6.08 Å². The van der Waals surface area contributed by atoms with E-state index < -0.39 is 11.8 Å². The van der Waals surface area contributed by atoms with Gasteiger partial charge in [0.25, 0.3) is 5.91 Å². The Bertz CT molecular complexity index is 976. The fourth-order valence-corrected chi connectivity index (χ4v) is 3.40. The summed E-state index contributed by atoms with van der Waals surface area (Å²) in [5.41, 5.74) is 6.20. The van der Waals surface area contributed by atoms with E-state index in [9.17, 15) is 4.79 Å². The number of hydrazine groups is 1. The van der Waals surface area contributed by atoms with Gasteiger partial charge < -0.3 is 24.1 Å². The van der Waals surface area contributed by atoms with E-state index >= 15 is 0 Å². The highest BCUT2D eigenvalue weighted by Crippen LogP contribution is 2.27. The highest BCUT2D eigenvalue weighted by atomic mass is 16.7. The van der Waals surface area contributed by atoms with Crippen molar-refractivity contribution in [3.63, 3.8) is 0 Å². The van der Waals surface area contributed by atoms with Gasteiger partial charge in [-0.1, -0.05) is 42.5 Å². The van der Waals surface area contributed by atoms with Gasteiger partial charge in [-0.05, 0) is 29.8 Å². The molecule has 0 radical (unpaired) electrons. The average Bonchev–Trinajstić information content (AvgIpc) is 3.33. The molecule has 1 aliphatic rings. The molecule has 3 rings (SSSR count). The molecule has 2 aromatic rings. The Labute approximate surface area is 205 Å². The molecule has 1 aliphatic heterocycles. The first-order valence-corrected chi connectivity index (χ1v) is 11.5. The van der Waals surface area contributed by atoms with Gasteiger partial charge in [-0.25, -0.2) is 10.4 Å². The molecule has 0 bridgehead atoms. The zero-order chi connectivity index (χ0) is 24.9. The number of aliphatic hydroxyl groups is 1. The van der Waals surface area contributed by atoms with Crippen LogP contribution in [0.1, 0.15) is 24.0 Å². The van der Waals surface area contributed by atoms with Crippen LogP contribution in [0.5, 0.6) is 5.75 Å². The molecule has 9 nitrogen and oxygen atoms in total. The van der Waals surface area contributed by atoms with Crippen molar-refractivity contribution in [3.05, 3.63) is 71.8 Å². The fourth-order valence-electron chi connectivity index (χ4n) is 3.40. The molecule has 1 heterocycles. The molecule has 0 saturated carbocycles. The van der Waals surface area contributed by atoms with Crippen molar-refractivity contribution in [3.8, 4) is 5.75 Å². The van der Waals surface area contributed by atoms with Gasteiger partial charge in [0.2, 0.25) is 5.90 Å². The SMILES string of the molecule is COC(CNNC(=O)[C@]1(C/C=C/c2ccccc2)COC(c2ccc(OCCCO)cc2)=N1)OC. The minimum absolute atomic E-state index is 0.0814. The average molecular weight is 484 g/mol.